The first-order valence-corrected chi connectivity index (χ1v) is 13.6. The molecule has 9 N–H and O–H groups in total. The third kappa shape index (κ3) is 4.04. The van der Waals surface area contributed by atoms with Crippen LogP contribution in [0.15, 0.2) is 52.4 Å². The summed E-state index contributed by atoms with van der Waals surface area (Å²) in [5, 5.41) is 31.6. The molecule has 42 heavy (non-hydrogen) atoms. The number of ether oxygens (including phenoxy) is 1. The number of rotatable bonds is 5. The Morgan fingerprint density at radius 3 is 2.62 bits per heavy atom. The van der Waals surface area contributed by atoms with E-state index >= 15 is 0 Å². The maximum absolute atomic E-state index is 14.1. The molecule has 4 heterocycles. The van der Waals surface area contributed by atoms with E-state index in [0.29, 0.717) is 12.4 Å². The molecule has 0 radical (unpaired) electrons. The van der Waals surface area contributed by atoms with E-state index in [4.69, 9.17) is 16.2 Å². The van der Waals surface area contributed by atoms with Crippen molar-refractivity contribution in [3.8, 4) is 5.75 Å². The van der Waals surface area contributed by atoms with Crippen molar-refractivity contribution < 1.29 is 28.9 Å². The maximum Gasteiger partial charge on any atom is 0.255 e. The number of benzene rings is 2. The minimum atomic E-state index is -2.67. The summed E-state index contributed by atoms with van der Waals surface area (Å²) in [4.78, 5) is 36.5. The first kappa shape index (κ1) is 27.7. The lowest BCUT2D eigenvalue weighted by Crippen LogP contribution is -2.78. The number of carbonyl (C=O) groups excluding carboxylic acids is 2. The van der Waals surface area contributed by atoms with E-state index in [-0.39, 0.29) is 41.6 Å². The van der Waals surface area contributed by atoms with Crippen molar-refractivity contribution in [3.63, 3.8) is 0 Å². The highest BCUT2D eigenvalue weighted by atomic mass is 19.1. The summed E-state index contributed by atoms with van der Waals surface area (Å²) in [5.41, 5.74) is 11.3. The summed E-state index contributed by atoms with van der Waals surface area (Å²) in [6.07, 6.45) is 0.788. The van der Waals surface area contributed by atoms with Crippen LogP contribution in [-0.2, 0) is 5.41 Å². The van der Waals surface area contributed by atoms with Gasteiger partial charge in [0.15, 0.2) is 17.6 Å². The van der Waals surface area contributed by atoms with Gasteiger partial charge in [-0.2, -0.15) is 0 Å². The van der Waals surface area contributed by atoms with E-state index in [1.54, 1.807) is 12.1 Å². The number of guanidine groups is 2. The smallest absolute Gasteiger partial charge is 0.255 e. The Labute approximate surface area is 240 Å². The first-order valence-electron chi connectivity index (χ1n) is 13.6. The van der Waals surface area contributed by atoms with Gasteiger partial charge < -0.3 is 47.3 Å². The number of carbonyl (C=O) groups is 2. The van der Waals surface area contributed by atoms with Gasteiger partial charge in [-0.3, -0.25) is 9.59 Å². The highest BCUT2D eigenvalue weighted by Gasteiger charge is 2.73. The van der Waals surface area contributed by atoms with Crippen LogP contribution in [0.2, 0.25) is 0 Å². The van der Waals surface area contributed by atoms with Crippen LogP contribution in [-0.4, -0.2) is 88.1 Å². The molecule has 1 spiro atoms. The summed E-state index contributed by atoms with van der Waals surface area (Å²) in [6, 6.07) is 7.58. The Kier molecular flexibility index (Phi) is 6.31. The minimum absolute atomic E-state index is 0.0832. The van der Waals surface area contributed by atoms with Gasteiger partial charge in [-0.15, -0.1) is 0 Å². The normalized spacial score (nSPS) is 28.2. The highest BCUT2D eigenvalue weighted by molar-refractivity contribution is 5.98. The molecule has 2 amide bonds. The van der Waals surface area contributed by atoms with E-state index in [1.807, 2.05) is 6.07 Å². The number of hydrogen-bond acceptors (Lipinski definition) is 11. The minimum Gasteiger partial charge on any atom is -0.492 e. The van der Waals surface area contributed by atoms with Crippen molar-refractivity contribution in [3.05, 3.63) is 65.0 Å². The number of halogens is 1. The van der Waals surface area contributed by atoms with Crippen LogP contribution >= 0.6 is 0 Å². The molecule has 0 bridgehead atoms. The van der Waals surface area contributed by atoms with E-state index in [0.717, 1.165) is 12.0 Å². The lowest BCUT2D eigenvalue weighted by atomic mass is 9.79. The molecule has 0 aromatic heterocycles. The van der Waals surface area contributed by atoms with Gasteiger partial charge in [0.2, 0.25) is 5.79 Å². The molecular weight excluding hydrogens is 547 g/mol. The van der Waals surface area contributed by atoms with Crippen LogP contribution in [0.4, 0.5) is 4.39 Å². The molecule has 2 aromatic carbocycles. The van der Waals surface area contributed by atoms with E-state index in [9.17, 15) is 24.2 Å². The van der Waals surface area contributed by atoms with Crippen LogP contribution in [0, 0.1) is 5.82 Å². The van der Waals surface area contributed by atoms with Gasteiger partial charge in [0.05, 0.1) is 23.8 Å². The fraction of sp³-hybridized carbons (Fsp3) is 0.429. The van der Waals surface area contributed by atoms with Crippen molar-refractivity contribution >= 4 is 23.7 Å². The molecule has 6 rings (SSSR count). The highest BCUT2D eigenvalue weighted by Crippen LogP contribution is 2.45. The number of nitrogens with one attached hydrogen (secondary N) is 3. The predicted molar refractivity (Wildman–Crippen MR) is 150 cm³/mol. The van der Waals surface area contributed by atoms with Gasteiger partial charge in [0.25, 0.3) is 11.8 Å². The molecule has 1 fully saturated rings. The van der Waals surface area contributed by atoms with Gasteiger partial charge >= 0.3 is 0 Å². The zero-order chi connectivity index (χ0) is 30.0. The van der Waals surface area contributed by atoms with Crippen LogP contribution in [0.25, 0.3) is 0 Å². The van der Waals surface area contributed by atoms with E-state index in [2.05, 4.69) is 39.8 Å². The number of fused-ring (bicyclic) bond motifs is 1. The van der Waals surface area contributed by atoms with Gasteiger partial charge in [-0.1, -0.05) is 38.1 Å². The topological polar surface area (TPSA) is 200 Å². The number of hydrogen-bond donors (Lipinski definition) is 7. The van der Waals surface area contributed by atoms with Crippen molar-refractivity contribution in [2.24, 2.45) is 21.5 Å². The Morgan fingerprint density at radius 1 is 1.12 bits per heavy atom. The first-order chi connectivity index (χ1) is 19.9. The van der Waals surface area contributed by atoms with E-state index in [1.165, 1.54) is 29.2 Å². The summed E-state index contributed by atoms with van der Waals surface area (Å²) in [5.74, 6) is -4.34. The molecule has 14 heteroatoms. The maximum atomic E-state index is 14.1. The molecule has 0 aliphatic carbocycles. The zero-order valence-corrected chi connectivity index (χ0v) is 23.1. The molecule has 1 saturated heterocycles. The molecular formula is C28H33FN8O5. The number of aliphatic hydroxyl groups is 2. The monoisotopic (exact) mass is 580 g/mol. The molecule has 4 aliphatic rings. The quantitative estimate of drug-likeness (QED) is 0.219. The molecule has 3 unspecified atom stereocenters. The second-order valence-electron chi connectivity index (χ2n) is 11.6. The Balaban J connectivity index is 1.27. The fourth-order valence-corrected chi connectivity index (χ4v) is 6.37. The average Bonchev–Trinajstić information content (AvgIpc) is 3.41. The Hall–Kier alpha value is -4.43. The molecule has 2 aromatic rings. The lowest BCUT2D eigenvalue weighted by molar-refractivity contribution is -0.230. The van der Waals surface area contributed by atoms with E-state index < -0.39 is 47.2 Å². The Bertz CT molecular complexity index is 1530. The van der Waals surface area contributed by atoms with Crippen LogP contribution < -0.4 is 32.2 Å². The largest absolute Gasteiger partial charge is 0.492 e. The predicted octanol–water partition coefficient (Wildman–Crippen LogP) is -0.910. The molecule has 13 nitrogen and oxygen atoms in total. The average molecular weight is 581 g/mol. The van der Waals surface area contributed by atoms with Crippen LogP contribution in [0.3, 0.4) is 0 Å². The third-order valence-corrected chi connectivity index (χ3v) is 8.66. The van der Waals surface area contributed by atoms with Crippen LogP contribution in [0.1, 0.15) is 46.5 Å². The van der Waals surface area contributed by atoms with Gasteiger partial charge in [-0.25, -0.2) is 14.4 Å². The zero-order valence-electron chi connectivity index (χ0n) is 23.1. The summed E-state index contributed by atoms with van der Waals surface area (Å²) in [6.45, 7) is 4.28. The summed E-state index contributed by atoms with van der Waals surface area (Å²) < 4.78 is 20.0. The SMILES string of the molecule is CC1(C)CCOc2c(C(=O)NC3CN4C(N)=N[C@@H](CNC(=O)c5ccccc5F)C5N=C(N)NC54C3(O)O)cccc21. The molecule has 0 saturated carbocycles. The number of amides is 2. The number of nitrogens with two attached hydrogens (primary N) is 2. The number of aliphatic imine (C=N–C) groups is 2. The molecule has 4 atom stereocenters. The summed E-state index contributed by atoms with van der Waals surface area (Å²) >= 11 is 0. The second-order valence-corrected chi connectivity index (χ2v) is 11.6. The van der Waals surface area contributed by atoms with Crippen molar-refractivity contribution in [2.45, 2.75) is 55.3 Å². The molecule has 222 valence electrons. The van der Waals surface area contributed by atoms with Crippen molar-refractivity contribution in [1.82, 2.24) is 20.9 Å². The lowest BCUT2D eigenvalue weighted by Gasteiger charge is -2.49. The molecule has 4 aliphatic heterocycles. The standard InChI is InChI=1S/C28H33FN8O5/c1-26(2)10-11-42-20-15(7-5-8-16(20)26)23(39)34-19-13-37-25(31)33-18(12-32-22(38)14-6-3-4-9-17(14)29)21-27(37,28(19,40)41)36-24(30)35-21/h3-9,18-19,21,40-41H,10-13H2,1-2H3,(H2,31,33)(H,32,38)(H,34,39)(H3,30,35,36)/t18-,19?,21?,27?/m0/s1. The second kappa shape index (κ2) is 9.56. The van der Waals surface area contributed by atoms with Crippen molar-refractivity contribution in [1.29, 1.82) is 0 Å². The summed E-state index contributed by atoms with van der Waals surface area (Å²) in [7, 11) is 0. The number of nitrogens with zero attached hydrogens (tertiary/aromatic N) is 3. The third-order valence-electron chi connectivity index (χ3n) is 8.66. The van der Waals surface area contributed by atoms with Gasteiger partial charge in [-0.05, 0) is 30.0 Å². The van der Waals surface area contributed by atoms with Gasteiger partial charge in [0.1, 0.15) is 23.7 Å². The Morgan fingerprint density at radius 2 is 1.86 bits per heavy atom. The van der Waals surface area contributed by atoms with Crippen LogP contribution in [0.5, 0.6) is 5.75 Å². The number of para-hydroxylation sites is 1. The fourth-order valence-electron chi connectivity index (χ4n) is 6.37. The van der Waals surface area contributed by atoms with Crippen molar-refractivity contribution in [2.75, 3.05) is 19.7 Å². The van der Waals surface area contributed by atoms with Gasteiger partial charge in [0, 0.05) is 18.7 Å².